The summed E-state index contributed by atoms with van der Waals surface area (Å²) >= 11 is 0. The molecular weight excluding hydrogens is 406 g/mol. The maximum absolute atomic E-state index is 13.0. The highest BCUT2D eigenvalue weighted by molar-refractivity contribution is 5.94. The van der Waals surface area contributed by atoms with Crippen LogP contribution in [0.15, 0.2) is 42.5 Å². The average molecular weight is 438 g/mol. The van der Waals surface area contributed by atoms with Gasteiger partial charge >= 0.3 is 0 Å². The second-order valence-corrected chi connectivity index (χ2v) is 9.00. The normalized spacial score (nSPS) is 21.3. The summed E-state index contributed by atoms with van der Waals surface area (Å²) in [7, 11) is 0. The minimum absolute atomic E-state index is 0.0700. The minimum Gasteiger partial charge on any atom is -0.491 e. The molecule has 2 heterocycles. The molecule has 6 heteroatoms. The second kappa shape index (κ2) is 9.41. The van der Waals surface area contributed by atoms with E-state index < -0.39 is 0 Å². The van der Waals surface area contributed by atoms with E-state index in [9.17, 15) is 4.79 Å². The lowest BCUT2D eigenvalue weighted by atomic mass is 9.78. The third-order valence-corrected chi connectivity index (χ3v) is 6.86. The van der Waals surface area contributed by atoms with E-state index in [1.165, 1.54) is 5.56 Å². The van der Waals surface area contributed by atoms with E-state index in [-0.39, 0.29) is 17.4 Å². The largest absolute Gasteiger partial charge is 0.491 e. The molecule has 5 rings (SSSR count). The van der Waals surface area contributed by atoms with Crippen molar-refractivity contribution in [2.24, 2.45) is 0 Å². The van der Waals surface area contributed by atoms with Gasteiger partial charge in [0.05, 0.1) is 6.10 Å². The van der Waals surface area contributed by atoms with E-state index >= 15 is 0 Å². The van der Waals surface area contributed by atoms with Crippen molar-refractivity contribution >= 4 is 5.91 Å². The molecule has 1 saturated carbocycles. The molecule has 6 nitrogen and oxygen atoms in total. The molecule has 0 aromatic heterocycles. The van der Waals surface area contributed by atoms with Crippen molar-refractivity contribution < 1.29 is 23.7 Å². The minimum atomic E-state index is -0.0728. The number of rotatable bonds is 7. The van der Waals surface area contributed by atoms with Crippen molar-refractivity contribution in [3.05, 3.63) is 53.6 Å². The Bertz CT molecular complexity index is 947. The van der Waals surface area contributed by atoms with Gasteiger partial charge in [0.25, 0.3) is 5.91 Å². The molecule has 3 aliphatic rings. The van der Waals surface area contributed by atoms with Gasteiger partial charge in [0.1, 0.15) is 25.6 Å². The molecule has 1 atom stereocenters. The van der Waals surface area contributed by atoms with Crippen LogP contribution in [-0.4, -0.2) is 45.0 Å². The first kappa shape index (κ1) is 21.1. The summed E-state index contributed by atoms with van der Waals surface area (Å²) in [6.07, 6.45) is 6.70. The lowest BCUT2D eigenvalue weighted by molar-refractivity contribution is 0.0679. The van der Waals surface area contributed by atoms with Crippen molar-refractivity contribution in [2.45, 2.75) is 50.0 Å². The van der Waals surface area contributed by atoms with E-state index in [1.54, 1.807) is 0 Å². The molecule has 2 aliphatic heterocycles. The van der Waals surface area contributed by atoms with Gasteiger partial charge in [-0.3, -0.25) is 4.79 Å². The van der Waals surface area contributed by atoms with Gasteiger partial charge in [0.2, 0.25) is 0 Å². The highest BCUT2D eigenvalue weighted by Gasteiger charge is 2.37. The number of hydrogen-bond acceptors (Lipinski definition) is 5. The number of amides is 1. The SMILES string of the molecule is O=C(NCC1(c2ccc3c(c2)OCCO3)CCCC1)c1cccc(OCC2CCCO2)c1. The van der Waals surface area contributed by atoms with Gasteiger partial charge in [0, 0.05) is 24.1 Å². The Morgan fingerprint density at radius 2 is 1.84 bits per heavy atom. The van der Waals surface area contributed by atoms with E-state index in [4.69, 9.17) is 18.9 Å². The van der Waals surface area contributed by atoms with Gasteiger partial charge in [-0.2, -0.15) is 0 Å². The summed E-state index contributed by atoms with van der Waals surface area (Å²) in [5, 5.41) is 3.19. The molecule has 1 N–H and O–H groups in total. The predicted octanol–water partition coefficient (Wildman–Crippen LogP) is 4.26. The number of fused-ring (bicyclic) bond motifs is 1. The van der Waals surface area contributed by atoms with Crippen molar-refractivity contribution in [3.63, 3.8) is 0 Å². The zero-order chi connectivity index (χ0) is 21.8. The Balaban J connectivity index is 1.25. The molecule has 2 aromatic carbocycles. The predicted molar refractivity (Wildman–Crippen MR) is 121 cm³/mol. The zero-order valence-corrected chi connectivity index (χ0v) is 18.4. The number of carbonyl (C=O) groups is 1. The van der Waals surface area contributed by atoms with Crippen molar-refractivity contribution in [1.82, 2.24) is 5.32 Å². The van der Waals surface area contributed by atoms with E-state index in [2.05, 4.69) is 17.4 Å². The van der Waals surface area contributed by atoms with E-state index in [0.717, 1.165) is 56.6 Å². The van der Waals surface area contributed by atoms with Gasteiger partial charge in [-0.25, -0.2) is 0 Å². The highest BCUT2D eigenvalue weighted by Crippen LogP contribution is 2.43. The Labute approximate surface area is 189 Å². The van der Waals surface area contributed by atoms with Gasteiger partial charge in [-0.05, 0) is 61.6 Å². The Kier molecular flexibility index (Phi) is 6.21. The number of benzene rings is 2. The fourth-order valence-electron chi connectivity index (χ4n) is 5.04. The van der Waals surface area contributed by atoms with Crippen LogP contribution in [0.5, 0.6) is 17.2 Å². The summed E-state index contributed by atoms with van der Waals surface area (Å²) in [5.74, 6) is 2.24. The molecule has 2 aromatic rings. The summed E-state index contributed by atoms with van der Waals surface area (Å²) in [4.78, 5) is 13.0. The van der Waals surface area contributed by atoms with Gasteiger partial charge in [-0.1, -0.05) is 25.0 Å². The monoisotopic (exact) mass is 437 g/mol. The molecule has 32 heavy (non-hydrogen) atoms. The van der Waals surface area contributed by atoms with Crippen LogP contribution < -0.4 is 19.5 Å². The van der Waals surface area contributed by atoms with Crippen LogP contribution in [0, 0.1) is 0 Å². The second-order valence-electron chi connectivity index (χ2n) is 9.00. The average Bonchev–Trinajstić information content (AvgIpc) is 3.54. The first-order valence-corrected chi connectivity index (χ1v) is 11.7. The molecule has 0 bridgehead atoms. The highest BCUT2D eigenvalue weighted by atomic mass is 16.6. The maximum Gasteiger partial charge on any atom is 0.251 e. The zero-order valence-electron chi connectivity index (χ0n) is 18.4. The van der Waals surface area contributed by atoms with Crippen LogP contribution in [-0.2, 0) is 10.2 Å². The Morgan fingerprint density at radius 1 is 1.00 bits per heavy atom. The molecular formula is C26H31NO5. The van der Waals surface area contributed by atoms with Gasteiger partial charge in [0.15, 0.2) is 11.5 Å². The quantitative estimate of drug-likeness (QED) is 0.701. The topological polar surface area (TPSA) is 66.0 Å². The molecule has 1 unspecified atom stereocenters. The third kappa shape index (κ3) is 4.56. The van der Waals surface area contributed by atoms with Crippen LogP contribution in [0.4, 0.5) is 0 Å². The van der Waals surface area contributed by atoms with Crippen molar-refractivity contribution in [3.8, 4) is 17.2 Å². The fraction of sp³-hybridized carbons (Fsp3) is 0.500. The molecule has 1 amide bonds. The van der Waals surface area contributed by atoms with Crippen LogP contribution >= 0.6 is 0 Å². The first-order chi connectivity index (χ1) is 15.7. The smallest absolute Gasteiger partial charge is 0.251 e. The van der Waals surface area contributed by atoms with Crippen LogP contribution in [0.1, 0.15) is 54.4 Å². The summed E-state index contributed by atoms with van der Waals surface area (Å²) in [5.41, 5.74) is 1.76. The molecule has 1 aliphatic carbocycles. The fourth-order valence-corrected chi connectivity index (χ4v) is 5.04. The molecule has 2 fully saturated rings. The van der Waals surface area contributed by atoms with E-state index in [1.807, 2.05) is 30.3 Å². The standard InChI is InChI=1S/C26H31NO5/c28-25(19-5-3-6-21(15-19)32-17-22-7-4-12-29-22)27-18-26(10-1-2-11-26)20-8-9-23-24(16-20)31-14-13-30-23/h3,5-6,8-9,15-16,22H,1-2,4,7,10-14,17-18H2,(H,27,28). The molecule has 170 valence electrons. The summed E-state index contributed by atoms with van der Waals surface area (Å²) in [6, 6.07) is 13.6. The lowest BCUT2D eigenvalue weighted by Gasteiger charge is -2.31. The van der Waals surface area contributed by atoms with Crippen LogP contribution in [0.2, 0.25) is 0 Å². The first-order valence-electron chi connectivity index (χ1n) is 11.7. The molecule has 0 spiro atoms. The van der Waals surface area contributed by atoms with Gasteiger partial charge in [-0.15, -0.1) is 0 Å². The van der Waals surface area contributed by atoms with E-state index in [0.29, 0.717) is 37.7 Å². The number of nitrogens with one attached hydrogen (secondary N) is 1. The Morgan fingerprint density at radius 3 is 2.66 bits per heavy atom. The van der Waals surface area contributed by atoms with Crippen molar-refractivity contribution in [2.75, 3.05) is 33.0 Å². The maximum atomic E-state index is 13.0. The van der Waals surface area contributed by atoms with Crippen molar-refractivity contribution in [1.29, 1.82) is 0 Å². The number of ether oxygens (including phenoxy) is 4. The molecule has 1 saturated heterocycles. The summed E-state index contributed by atoms with van der Waals surface area (Å²) in [6.45, 7) is 3.10. The number of carbonyl (C=O) groups excluding carboxylic acids is 1. The van der Waals surface area contributed by atoms with Crippen LogP contribution in [0.25, 0.3) is 0 Å². The summed E-state index contributed by atoms with van der Waals surface area (Å²) < 4.78 is 23.0. The lowest BCUT2D eigenvalue weighted by Crippen LogP contribution is -2.39. The Hall–Kier alpha value is -2.73. The third-order valence-electron chi connectivity index (χ3n) is 6.86. The number of hydrogen-bond donors (Lipinski definition) is 1. The van der Waals surface area contributed by atoms with Gasteiger partial charge < -0.3 is 24.3 Å². The van der Waals surface area contributed by atoms with Crippen LogP contribution in [0.3, 0.4) is 0 Å². The molecule has 0 radical (unpaired) electrons.